The van der Waals surface area contributed by atoms with E-state index in [1.165, 1.54) is 5.39 Å². The number of halogens is 2. The lowest BCUT2D eigenvalue weighted by Crippen LogP contribution is -2.53. The Kier molecular flexibility index (Phi) is 5.35. The molecule has 4 heterocycles. The van der Waals surface area contributed by atoms with Crippen LogP contribution in [0.25, 0.3) is 10.1 Å². The quantitative estimate of drug-likeness (QED) is 0.541. The maximum Gasteiger partial charge on any atom is 0.254 e. The van der Waals surface area contributed by atoms with Crippen LogP contribution in [0.15, 0.2) is 36.0 Å². The van der Waals surface area contributed by atoms with Gasteiger partial charge in [-0.25, -0.2) is 0 Å². The molecular formula is C22H21Cl2N3O2S. The van der Waals surface area contributed by atoms with E-state index < -0.39 is 6.10 Å². The number of hydrogen-bond acceptors (Lipinski definition) is 5. The average molecular weight is 462 g/mol. The highest BCUT2D eigenvalue weighted by Gasteiger charge is 2.36. The summed E-state index contributed by atoms with van der Waals surface area (Å²) in [5, 5.41) is 4.49. The van der Waals surface area contributed by atoms with Gasteiger partial charge in [0.2, 0.25) is 0 Å². The molecule has 0 radical (unpaired) electrons. The fourth-order valence-electron chi connectivity index (χ4n) is 4.54. The minimum absolute atomic E-state index is 0.00863. The van der Waals surface area contributed by atoms with Crippen LogP contribution >= 0.6 is 34.5 Å². The van der Waals surface area contributed by atoms with Crippen LogP contribution in [0.5, 0.6) is 0 Å². The van der Waals surface area contributed by atoms with Crippen LogP contribution in [-0.2, 0) is 16.0 Å². The highest BCUT2D eigenvalue weighted by Crippen LogP contribution is 2.38. The zero-order chi connectivity index (χ0) is 20.8. The Balaban J connectivity index is 1.38. The molecule has 1 fully saturated rings. The van der Waals surface area contributed by atoms with Crippen LogP contribution in [0.1, 0.15) is 24.1 Å². The van der Waals surface area contributed by atoms with E-state index in [2.05, 4.69) is 21.3 Å². The molecule has 5 nitrogen and oxygen atoms in total. The fraction of sp³-hybridized carbons (Fsp3) is 0.364. The molecule has 0 bridgehead atoms. The Bertz CT molecular complexity index is 1120. The van der Waals surface area contributed by atoms with Crippen molar-refractivity contribution < 1.29 is 9.53 Å². The first-order chi connectivity index (χ1) is 14.5. The highest BCUT2D eigenvalue weighted by atomic mass is 35.5. The lowest BCUT2D eigenvalue weighted by molar-refractivity contribution is -0.147. The number of anilines is 1. The maximum atomic E-state index is 13.4. The van der Waals surface area contributed by atoms with Crippen LogP contribution in [0.2, 0.25) is 10.0 Å². The van der Waals surface area contributed by atoms with E-state index in [9.17, 15) is 4.79 Å². The van der Waals surface area contributed by atoms with E-state index in [0.717, 1.165) is 34.5 Å². The standard InChI is InChI=1S/C22H21Cl2N3O2S/c1-13-21-14(8-15(23)9-17(21)24)2-4-27(13)22(28)19-12-26(5-6-29-19)18-10-25-11-20-16(18)3-7-30-20/h3,7-11,13,19H,2,4-6,12H2,1H3/t13-,19-/m0/s1. The topological polar surface area (TPSA) is 45.7 Å². The molecule has 0 spiro atoms. The van der Waals surface area contributed by atoms with Gasteiger partial charge in [-0.15, -0.1) is 11.3 Å². The van der Waals surface area contributed by atoms with Gasteiger partial charge in [0.05, 0.1) is 35.8 Å². The lowest BCUT2D eigenvalue weighted by Gasteiger charge is -2.40. The Morgan fingerprint density at radius 1 is 1.27 bits per heavy atom. The van der Waals surface area contributed by atoms with Crippen LogP contribution < -0.4 is 4.90 Å². The van der Waals surface area contributed by atoms with E-state index in [1.807, 2.05) is 30.3 Å². The van der Waals surface area contributed by atoms with E-state index in [1.54, 1.807) is 17.4 Å². The summed E-state index contributed by atoms with van der Waals surface area (Å²) in [6, 6.07) is 5.70. The number of benzene rings is 1. The third-order valence-electron chi connectivity index (χ3n) is 6.01. The molecule has 0 saturated carbocycles. The van der Waals surface area contributed by atoms with Crippen molar-refractivity contribution in [1.29, 1.82) is 0 Å². The number of aromatic nitrogens is 1. The van der Waals surface area contributed by atoms with Crippen molar-refractivity contribution in [2.45, 2.75) is 25.5 Å². The number of ether oxygens (including phenoxy) is 1. The average Bonchev–Trinajstić information content (AvgIpc) is 3.22. The van der Waals surface area contributed by atoms with Crippen molar-refractivity contribution in [3.63, 3.8) is 0 Å². The van der Waals surface area contributed by atoms with Crippen molar-refractivity contribution in [3.8, 4) is 0 Å². The molecule has 2 aliphatic heterocycles. The van der Waals surface area contributed by atoms with E-state index in [0.29, 0.717) is 29.7 Å². The number of carbonyl (C=O) groups excluding carboxylic acids is 1. The summed E-state index contributed by atoms with van der Waals surface area (Å²) in [4.78, 5) is 21.9. The SMILES string of the molecule is C[C@H]1c2c(Cl)cc(Cl)cc2CCN1C(=O)[C@@H]1CN(c2cncc3sccc23)CCO1. The number of morpholine rings is 1. The Labute approximate surface area is 189 Å². The second kappa shape index (κ2) is 8.00. The smallest absolute Gasteiger partial charge is 0.254 e. The molecule has 2 aliphatic rings. The predicted octanol–water partition coefficient (Wildman–Crippen LogP) is 4.95. The molecule has 1 amide bonds. The molecule has 1 aromatic carbocycles. The van der Waals surface area contributed by atoms with Gasteiger partial charge in [-0.2, -0.15) is 0 Å². The Morgan fingerprint density at radius 3 is 3.00 bits per heavy atom. The number of carbonyl (C=O) groups is 1. The number of thiophene rings is 1. The summed E-state index contributed by atoms with van der Waals surface area (Å²) in [7, 11) is 0. The minimum Gasteiger partial charge on any atom is -0.365 e. The van der Waals surface area contributed by atoms with Gasteiger partial charge in [0.1, 0.15) is 0 Å². The molecule has 5 rings (SSSR count). The summed E-state index contributed by atoms with van der Waals surface area (Å²) in [6.07, 6.45) is 3.99. The van der Waals surface area contributed by atoms with Gasteiger partial charge in [0, 0.05) is 34.7 Å². The van der Waals surface area contributed by atoms with Crippen molar-refractivity contribution in [2.24, 2.45) is 0 Å². The number of amides is 1. The van der Waals surface area contributed by atoms with Crippen LogP contribution in [0.4, 0.5) is 5.69 Å². The second-order valence-corrected chi connectivity index (χ2v) is 9.51. The molecule has 30 heavy (non-hydrogen) atoms. The Hall–Kier alpha value is -1.86. The van der Waals surface area contributed by atoms with E-state index in [4.69, 9.17) is 27.9 Å². The molecule has 3 aromatic rings. The summed E-state index contributed by atoms with van der Waals surface area (Å²) in [6.45, 7) is 4.41. The van der Waals surface area contributed by atoms with Crippen molar-refractivity contribution in [2.75, 3.05) is 31.1 Å². The third-order valence-corrected chi connectivity index (χ3v) is 7.40. The van der Waals surface area contributed by atoms with Gasteiger partial charge in [-0.1, -0.05) is 23.2 Å². The van der Waals surface area contributed by atoms with Gasteiger partial charge in [0.15, 0.2) is 6.10 Å². The molecule has 1 saturated heterocycles. The number of hydrogen-bond donors (Lipinski definition) is 0. The largest absolute Gasteiger partial charge is 0.365 e. The number of pyridine rings is 1. The second-order valence-electron chi connectivity index (χ2n) is 7.71. The molecule has 2 atom stereocenters. The van der Waals surface area contributed by atoms with Crippen LogP contribution in [0.3, 0.4) is 0 Å². The van der Waals surface area contributed by atoms with Gasteiger partial charge in [-0.3, -0.25) is 9.78 Å². The van der Waals surface area contributed by atoms with Crippen LogP contribution in [0, 0.1) is 0 Å². The van der Waals surface area contributed by atoms with Gasteiger partial charge < -0.3 is 14.5 Å². The van der Waals surface area contributed by atoms with Crippen molar-refractivity contribution in [3.05, 3.63) is 57.1 Å². The van der Waals surface area contributed by atoms with Crippen molar-refractivity contribution >= 4 is 56.2 Å². The van der Waals surface area contributed by atoms with Gasteiger partial charge >= 0.3 is 0 Å². The van der Waals surface area contributed by atoms with E-state index in [-0.39, 0.29) is 11.9 Å². The highest BCUT2D eigenvalue weighted by molar-refractivity contribution is 7.17. The molecular weight excluding hydrogens is 441 g/mol. The maximum absolute atomic E-state index is 13.4. The molecule has 0 unspecified atom stereocenters. The lowest BCUT2D eigenvalue weighted by atomic mass is 9.93. The Morgan fingerprint density at radius 2 is 2.13 bits per heavy atom. The zero-order valence-corrected chi connectivity index (χ0v) is 18.8. The predicted molar refractivity (Wildman–Crippen MR) is 122 cm³/mol. The first kappa shape index (κ1) is 20.1. The monoisotopic (exact) mass is 461 g/mol. The number of fused-ring (bicyclic) bond motifs is 2. The van der Waals surface area contributed by atoms with Gasteiger partial charge in [0.25, 0.3) is 5.91 Å². The fourth-order valence-corrected chi connectivity index (χ4v) is 6.00. The van der Waals surface area contributed by atoms with Crippen molar-refractivity contribution in [1.82, 2.24) is 9.88 Å². The molecule has 0 N–H and O–H groups in total. The minimum atomic E-state index is -0.511. The molecule has 0 aliphatic carbocycles. The number of rotatable bonds is 2. The first-order valence-corrected chi connectivity index (χ1v) is 11.6. The summed E-state index contributed by atoms with van der Waals surface area (Å²) in [5.41, 5.74) is 3.16. The third kappa shape index (κ3) is 3.46. The normalized spacial score (nSPS) is 21.7. The van der Waals surface area contributed by atoms with Crippen LogP contribution in [-0.4, -0.2) is 48.1 Å². The molecule has 2 aromatic heterocycles. The number of nitrogens with zero attached hydrogens (tertiary/aromatic N) is 3. The molecule has 8 heteroatoms. The van der Waals surface area contributed by atoms with E-state index >= 15 is 0 Å². The van der Waals surface area contributed by atoms with Gasteiger partial charge in [-0.05, 0) is 48.1 Å². The summed E-state index contributed by atoms with van der Waals surface area (Å²) < 4.78 is 7.07. The molecule has 156 valence electrons. The zero-order valence-electron chi connectivity index (χ0n) is 16.5. The first-order valence-electron chi connectivity index (χ1n) is 9.99. The summed E-state index contributed by atoms with van der Waals surface area (Å²) >= 11 is 14.3. The summed E-state index contributed by atoms with van der Waals surface area (Å²) in [5.74, 6) is 0.00863.